The molecule has 0 saturated heterocycles. The summed E-state index contributed by atoms with van der Waals surface area (Å²) >= 11 is 0. The van der Waals surface area contributed by atoms with E-state index >= 15 is 0 Å². The number of halogens is 3. The van der Waals surface area contributed by atoms with Crippen LogP contribution in [0.3, 0.4) is 0 Å². The van der Waals surface area contributed by atoms with Crippen LogP contribution in [0.5, 0.6) is 0 Å². The van der Waals surface area contributed by atoms with E-state index in [-0.39, 0.29) is 6.04 Å². The molecule has 1 aliphatic rings. The van der Waals surface area contributed by atoms with Gasteiger partial charge in [-0.3, -0.25) is 0 Å². The van der Waals surface area contributed by atoms with Crippen molar-refractivity contribution in [1.82, 2.24) is 5.32 Å². The van der Waals surface area contributed by atoms with E-state index in [1.165, 1.54) is 6.92 Å². The van der Waals surface area contributed by atoms with Crippen LogP contribution in [-0.2, 0) is 0 Å². The van der Waals surface area contributed by atoms with Crippen LogP contribution < -0.4 is 5.32 Å². The predicted molar refractivity (Wildman–Crippen MR) is 51.5 cm³/mol. The largest absolute Gasteiger partial charge is 0.392 e. The van der Waals surface area contributed by atoms with E-state index in [9.17, 15) is 18.3 Å². The summed E-state index contributed by atoms with van der Waals surface area (Å²) in [6.07, 6.45) is -2.06. The lowest BCUT2D eigenvalue weighted by Gasteiger charge is -2.31. The Morgan fingerprint density at radius 3 is 2.47 bits per heavy atom. The Labute approximate surface area is 87.9 Å². The third-order valence-corrected chi connectivity index (χ3v) is 2.77. The van der Waals surface area contributed by atoms with E-state index in [0.717, 1.165) is 19.3 Å². The molecule has 0 aliphatic heterocycles. The summed E-state index contributed by atoms with van der Waals surface area (Å²) < 4.78 is 36.2. The highest BCUT2D eigenvalue weighted by atomic mass is 19.4. The second kappa shape index (κ2) is 5.16. The average Bonchev–Trinajstić information content (AvgIpc) is 2.05. The summed E-state index contributed by atoms with van der Waals surface area (Å²) in [5.41, 5.74) is 0. The molecule has 0 aromatic heterocycles. The van der Waals surface area contributed by atoms with Crippen LogP contribution in [0.1, 0.15) is 39.0 Å². The van der Waals surface area contributed by atoms with Crippen LogP contribution in [0.2, 0.25) is 0 Å². The standard InChI is InChI=1S/C10H18F3NO/c1-7(6-10(11,12)13)14-8-4-2-3-5-9(8)15/h7-9,14-15H,2-6H2,1H3. The minimum Gasteiger partial charge on any atom is -0.392 e. The molecule has 1 rings (SSSR count). The Bertz CT molecular complexity index is 196. The summed E-state index contributed by atoms with van der Waals surface area (Å²) in [5, 5.41) is 12.4. The van der Waals surface area contributed by atoms with Crippen LogP contribution in [0.25, 0.3) is 0 Å². The second-order valence-corrected chi connectivity index (χ2v) is 4.35. The highest BCUT2D eigenvalue weighted by molar-refractivity contribution is 4.83. The van der Waals surface area contributed by atoms with Crippen molar-refractivity contribution in [2.45, 2.75) is 63.4 Å². The quantitative estimate of drug-likeness (QED) is 0.772. The third kappa shape index (κ3) is 4.84. The van der Waals surface area contributed by atoms with Crippen molar-refractivity contribution in [3.8, 4) is 0 Å². The molecule has 3 atom stereocenters. The van der Waals surface area contributed by atoms with Gasteiger partial charge in [0, 0.05) is 12.1 Å². The van der Waals surface area contributed by atoms with Gasteiger partial charge >= 0.3 is 6.18 Å². The maximum Gasteiger partial charge on any atom is 0.390 e. The van der Waals surface area contributed by atoms with E-state index < -0.39 is 24.7 Å². The molecule has 0 bridgehead atoms. The summed E-state index contributed by atoms with van der Waals surface area (Å²) in [6, 6.07) is -0.793. The maximum absolute atomic E-state index is 12.1. The van der Waals surface area contributed by atoms with Gasteiger partial charge in [-0.2, -0.15) is 13.2 Å². The van der Waals surface area contributed by atoms with E-state index in [4.69, 9.17) is 0 Å². The average molecular weight is 225 g/mol. The second-order valence-electron chi connectivity index (χ2n) is 4.35. The molecule has 90 valence electrons. The molecule has 0 radical (unpaired) electrons. The summed E-state index contributed by atoms with van der Waals surface area (Å²) in [6.45, 7) is 1.51. The monoisotopic (exact) mass is 225 g/mol. The van der Waals surface area contributed by atoms with Gasteiger partial charge in [-0.05, 0) is 19.8 Å². The molecular formula is C10H18F3NO. The maximum atomic E-state index is 12.1. The van der Waals surface area contributed by atoms with E-state index in [2.05, 4.69) is 5.32 Å². The molecule has 1 saturated carbocycles. The van der Waals surface area contributed by atoms with Gasteiger partial charge in [0.2, 0.25) is 0 Å². The smallest absolute Gasteiger partial charge is 0.390 e. The number of hydrogen-bond donors (Lipinski definition) is 2. The van der Waals surface area contributed by atoms with E-state index in [1.54, 1.807) is 0 Å². The van der Waals surface area contributed by atoms with Gasteiger partial charge in [-0.1, -0.05) is 12.8 Å². The van der Waals surface area contributed by atoms with Crippen molar-refractivity contribution in [2.24, 2.45) is 0 Å². The van der Waals surface area contributed by atoms with Crippen molar-refractivity contribution < 1.29 is 18.3 Å². The van der Waals surface area contributed by atoms with Crippen molar-refractivity contribution >= 4 is 0 Å². The number of nitrogens with one attached hydrogen (secondary N) is 1. The van der Waals surface area contributed by atoms with Crippen molar-refractivity contribution in [2.75, 3.05) is 0 Å². The lowest BCUT2D eigenvalue weighted by molar-refractivity contribution is -0.140. The Kier molecular flexibility index (Phi) is 4.40. The van der Waals surface area contributed by atoms with Gasteiger partial charge < -0.3 is 10.4 Å². The zero-order valence-electron chi connectivity index (χ0n) is 8.85. The molecule has 5 heteroatoms. The lowest BCUT2D eigenvalue weighted by Crippen LogP contribution is -2.47. The zero-order valence-corrected chi connectivity index (χ0v) is 8.85. The molecule has 0 amide bonds. The van der Waals surface area contributed by atoms with Gasteiger partial charge in [0.05, 0.1) is 12.5 Å². The molecule has 0 aromatic carbocycles. The Balaban J connectivity index is 2.33. The number of rotatable bonds is 3. The molecule has 0 spiro atoms. The minimum absolute atomic E-state index is 0.170. The van der Waals surface area contributed by atoms with Crippen LogP contribution in [0, 0.1) is 0 Å². The highest BCUT2D eigenvalue weighted by Gasteiger charge is 2.32. The number of aliphatic hydroxyl groups excluding tert-OH is 1. The van der Waals surface area contributed by atoms with Gasteiger partial charge in [0.1, 0.15) is 0 Å². The Hall–Kier alpha value is -0.290. The van der Waals surface area contributed by atoms with Crippen LogP contribution in [0.4, 0.5) is 13.2 Å². The van der Waals surface area contributed by atoms with Crippen molar-refractivity contribution in [3.05, 3.63) is 0 Å². The molecule has 0 aromatic rings. The number of alkyl halides is 3. The molecule has 15 heavy (non-hydrogen) atoms. The van der Waals surface area contributed by atoms with E-state index in [1.807, 2.05) is 0 Å². The normalized spacial score (nSPS) is 30.2. The molecule has 2 N–H and O–H groups in total. The van der Waals surface area contributed by atoms with Gasteiger partial charge in [0.25, 0.3) is 0 Å². The van der Waals surface area contributed by atoms with Crippen LogP contribution in [0.15, 0.2) is 0 Å². The van der Waals surface area contributed by atoms with Gasteiger partial charge in [0.15, 0.2) is 0 Å². The first kappa shape index (κ1) is 12.8. The molecule has 1 fully saturated rings. The van der Waals surface area contributed by atoms with E-state index in [0.29, 0.717) is 6.42 Å². The topological polar surface area (TPSA) is 32.3 Å². The highest BCUT2D eigenvalue weighted by Crippen LogP contribution is 2.23. The summed E-state index contributed by atoms with van der Waals surface area (Å²) in [7, 11) is 0. The molecule has 1 aliphatic carbocycles. The molecule has 0 heterocycles. The van der Waals surface area contributed by atoms with Gasteiger partial charge in [-0.25, -0.2) is 0 Å². The fourth-order valence-electron chi connectivity index (χ4n) is 2.08. The van der Waals surface area contributed by atoms with Crippen LogP contribution in [-0.4, -0.2) is 29.5 Å². The zero-order chi connectivity index (χ0) is 11.5. The van der Waals surface area contributed by atoms with Crippen molar-refractivity contribution in [3.63, 3.8) is 0 Å². The fraction of sp³-hybridized carbons (Fsp3) is 1.00. The summed E-state index contributed by atoms with van der Waals surface area (Å²) in [5.74, 6) is 0. The van der Waals surface area contributed by atoms with Crippen molar-refractivity contribution in [1.29, 1.82) is 0 Å². The fourth-order valence-corrected chi connectivity index (χ4v) is 2.08. The molecule has 3 unspecified atom stereocenters. The number of aliphatic hydroxyl groups is 1. The third-order valence-electron chi connectivity index (χ3n) is 2.77. The summed E-state index contributed by atoms with van der Waals surface area (Å²) in [4.78, 5) is 0. The molecule has 2 nitrogen and oxygen atoms in total. The SMILES string of the molecule is CC(CC(F)(F)F)NC1CCCCC1O. The van der Waals surface area contributed by atoms with Gasteiger partial charge in [-0.15, -0.1) is 0 Å². The number of hydrogen-bond acceptors (Lipinski definition) is 2. The first-order valence-corrected chi connectivity index (χ1v) is 5.39. The van der Waals surface area contributed by atoms with Crippen LogP contribution >= 0.6 is 0 Å². The predicted octanol–water partition coefficient (Wildman–Crippen LogP) is 2.22. The minimum atomic E-state index is -4.13. The first-order valence-electron chi connectivity index (χ1n) is 5.39. The Morgan fingerprint density at radius 2 is 1.93 bits per heavy atom. The Morgan fingerprint density at radius 1 is 1.33 bits per heavy atom. The molecular weight excluding hydrogens is 207 g/mol. The lowest BCUT2D eigenvalue weighted by atomic mass is 9.92. The first-order chi connectivity index (χ1) is 6.88.